The molecule has 2 aliphatic rings. The summed E-state index contributed by atoms with van der Waals surface area (Å²) in [6, 6.07) is 24.3. The van der Waals surface area contributed by atoms with Crippen molar-refractivity contribution < 1.29 is 19.1 Å². The lowest BCUT2D eigenvalue weighted by Crippen LogP contribution is -2.12. The van der Waals surface area contributed by atoms with E-state index < -0.39 is 11.9 Å². The zero-order chi connectivity index (χ0) is 28.5. The lowest BCUT2D eigenvalue weighted by atomic mass is 9.81. The molecule has 0 amide bonds. The van der Waals surface area contributed by atoms with Gasteiger partial charge in [0.1, 0.15) is 12.4 Å². The first-order valence-electron chi connectivity index (χ1n) is 13.5. The van der Waals surface area contributed by atoms with Crippen molar-refractivity contribution in [2.45, 2.75) is 26.4 Å². The fraction of sp³-hybridized carbons (Fsp3) is 0.111. The van der Waals surface area contributed by atoms with E-state index in [0.717, 1.165) is 41.5 Å². The summed E-state index contributed by atoms with van der Waals surface area (Å²) in [5, 5.41) is 2.52. The Bertz CT molecular complexity index is 1780. The maximum atomic E-state index is 11.9. The average Bonchev–Trinajstić information content (AvgIpc) is 3.00. The van der Waals surface area contributed by atoms with Crippen molar-refractivity contribution in [2.75, 3.05) is 4.90 Å². The summed E-state index contributed by atoms with van der Waals surface area (Å²) in [7, 11) is 0. The second-order valence-corrected chi connectivity index (χ2v) is 10.3. The van der Waals surface area contributed by atoms with E-state index in [9.17, 15) is 9.59 Å². The summed E-state index contributed by atoms with van der Waals surface area (Å²) in [6.07, 6.45) is 9.74. The van der Waals surface area contributed by atoms with Gasteiger partial charge in [-0.3, -0.25) is 0 Å². The van der Waals surface area contributed by atoms with Crippen LogP contribution in [0.25, 0.3) is 16.3 Å². The highest BCUT2D eigenvalue weighted by Crippen LogP contribution is 2.43. The molecule has 2 aliphatic carbocycles. The molecular formula is C36H29NO4. The largest absolute Gasteiger partial charge is 0.457 e. The third kappa shape index (κ3) is 5.10. The number of benzene rings is 4. The third-order valence-electron chi connectivity index (χ3n) is 7.39. The summed E-state index contributed by atoms with van der Waals surface area (Å²) < 4.78 is 10.6. The van der Waals surface area contributed by atoms with Crippen LogP contribution in [0, 0.1) is 0 Å². The van der Waals surface area contributed by atoms with Gasteiger partial charge in [-0.15, -0.1) is 0 Å². The van der Waals surface area contributed by atoms with Crippen LogP contribution in [0.1, 0.15) is 29.2 Å². The SMILES string of the molecule is C=CC(=O)Oc1ccc(N(c2ccc(COC(=O)C(=C)C)cc2)c2cc3c4c5c(ccc4c2)CC=CC5=CC3)cc1. The van der Waals surface area contributed by atoms with Crippen LogP contribution in [0.2, 0.25) is 0 Å². The molecule has 41 heavy (non-hydrogen) atoms. The van der Waals surface area contributed by atoms with Crippen molar-refractivity contribution in [3.63, 3.8) is 0 Å². The van der Waals surface area contributed by atoms with Crippen LogP contribution in [-0.4, -0.2) is 11.9 Å². The van der Waals surface area contributed by atoms with Crippen LogP contribution < -0.4 is 9.64 Å². The van der Waals surface area contributed by atoms with E-state index in [0.29, 0.717) is 11.3 Å². The Balaban J connectivity index is 1.41. The highest BCUT2D eigenvalue weighted by molar-refractivity contribution is 6.04. The van der Waals surface area contributed by atoms with Gasteiger partial charge >= 0.3 is 11.9 Å². The number of nitrogens with zero attached hydrogens (tertiary/aromatic N) is 1. The minimum atomic E-state index is -0.503. The summed E-state index contributed by atoms with van der Waals surface area (Å²) >= 11 is 0. The Morgan fingerprint density at radius 3 is 2.34 bits per heavy atom. The average molecular weight is 540 g/mol. The van der Waals surface area contributed by atoms with E-state index in [-0.39, 0.29) is 6.61 Å². The van der Waals surface area contributed by atoms with Gasteiger partial charge in [-0.1, -0.05) is 55.7 Å². The van der Waals surface area contributed by atoms with Gasteiger partial charge in [-0.25, -0.2) is 9.59 Å². The Labute approximate surface area is 239 Å². The van der Waals surface area contributed by atoms with Crippen LogP contribution in [0.5, 0.6) is 5.75 Å². The van der Waals surface area contributed by atoms with Gasteiger partial charge in [0.2, 0.25) is 0 Å². The number of hydrogen-bond acceptors (Lipinski definition) is 5. The van der Waals surface area contributed by atoms with E-state index in [1.807, 2.05) is 36.4 Å². The topological polar surface area (TPSA) is 55.8 Å². The summed E-state index contributed by atoms with van der Waals surface area (Å²) in [5.74, 6) is -0.469. The van der Waals surface area contributed by atoms with E-state index in [1.165, 1.54) is 33.0 Å². The van der Waals surface area contributed by atoms with Crippen LogP contribution in [-0.2, 0) is 33.8 Å². The van der Waals surface area contributed by atoms with Gasteiger partial charge in [-0.2, -0.15) is 0 Å². The number of rotatable bonds is 8. The van der Waals surface area contributed by atoms with Gasteiger partial charge < -0.3 is 14.4 Å². The standard InChI is InChI=1S/C36H29NO4/c1-4-33(38)41-32-18-16-30(17-19-32)37(29-14-8-24(9-15-29)22-40-36(39)23(2)3)31-20-27-12-10-25-6-5-7-26-11-13-28(21-31)35(27)34(25)26/h4-6,8-11,13-21H,1-2,7,12,22H2,3H3. The molecule has 0 unspecified atom stereocenters. The molecule has 0 aliphatic heterocycles. The third-order valence-corrected chi connectivity index (χ3v) is 7.39. The number of esters is 2. The predicted molar refractivity (Wildman–Crippen MR) is 164 cm³/mol. The van der Waals surface area contributed by atoms with Crippen LogP contribution in [0.15, 0.2) is 116 Å². The van der Waals surface area contributed by atoms with Crippen molar-refractivity contribution in [1.82, 2.24) is 0 Å². The fourth-order valence-corrected chi connectivity index (χ4v) is 5.44. The predicted octanol–water partition coefficient (Wildman–Crippen LogP) is 8.07. The summed E-state index contributed by atoms with van der Waals surface area (Å²) in [5.41, 5.74) is 9.43. The zero-order valence-electron chi connectivity index (χ0n) is 22.9. The Morgan fingerprint density at radius 1 is 0.902 bits per heavy atom. The second-order valence-electron chi connectivity index (χ2n) is 10.3. The van der Waals surface area contributed by atoms with Gasteiger partial charge in [0.05, 0.1) is 0 Å². The summed E-state index contributed by atoms with van der Waals surface area (Å²) in [6.45, 7) is 8.91. The molecular weight excluding hydrogens is 510 g/mol. The fourth-order valence-electron chi connectivity index (χ4n) is 5.44. The molecule has 0 saturated carbocycles. The molecule has 4 aromatic rings. The number of ether oxygens (including phenoxy) is 2. The molecule has 6 rings (SSSR count). The molecule has 0 bridgehead atoms. The number of allylic oxidation sites excluding steroid dienone is 4. The maximum absolute atomic E-state index is 11.9. The number of carbonyl (C=O) groups is 2. The molecule has 0 heterocycles. The first kappa shape index (κ1) is 26.1. The normalized spacial score (nSPS) is 12.9. The first-order valence-corrected chi connectivity index (χ1v) is 13.5. The molecule has 4 aromatic carbocycles. The second kappa shape index (κ2) is 10.8. The molecule has 5 heteroatoms. The van der Waals surface area contributed by atoms with Gasteiger partial charge in [0, 0.05) is 28.7 Å². The minimum Gasteiger partial charge on any atom is -0.457 e. The molecule has 0 N–H and O–H groups in total. The maximum Gasteiger partial charge on any atom is 0.335 e. The van der Waals surface area contributed by atoms with Gasteiger partial charge in [0.25, 0.3) is 0 Å². The number of hydrogen-bond donors (Lipinski definition) is 0. The Morgan fingerprint density at radius 2 is 1.63 bits per heavy atom. The van der Waals surface area contributed by atoms with Crippen molar-refractivity contribution >= 4 is 45.3 Å². The summed E-state index contributed by atoms with van der Waals surface area (Å²) in [4.78, 5) is 25.8. The molecule has 0 saturated heterocycles. The van der Waals surface area contributed by atoms with E-state index in [1.54, 1.807) is 19.1 Å². The highest BCUT2D eigenvalue weighted by atomic mass is 16.5. The smallest absolute Gasteiger partial charge is 0.335 e. The van der Waals surface area contributed by atoms with Crippen molar-refractivity contribution in [1.29, 1.82) is 0 Å². The van der Waals surface area contributed by atoms with E-state index in [2.05, 4.69) is 60.6 Å². The van der Waals surface area contributed by atoms with Crippen LogP contribution in [0.3, 0.4) is 0 Å². The van der Waals surface area contributed by atoms with Crippen molar-refractivity contribution in [2.24, 2.45) is 0 Å². The number of carbonyl (C=O) groups excluding carboxylic acids is 2. The van der Waals surface area contributed by atoms with Crippen molar-refractivity contribution in [3.05, 3.63) is 138 Å². The quantitative estimate of drug-likeness (QED) is 0.129. The van der Waals surface area contributed by atoms with E-state index >= 15 is 0 Å². The van der Waals surface area contributed by atoms with Gasteiger partial charge in [-0.05, 0) is 107 Å². The first-order chi connectivity index (χ1) is 19.9. The van der Waals surface area contributed by atoms with Crippen LogP contribution in [0.4, 0.5) is 17.1 Å². The molecule has 0 atom stereocenters. The molecule has 0 aromatic heterocycles. The highest BCUT2D eigenvalue weighted by Gasteiger charge is 2.22. The minimum absolute atomic E-state index is 0.170. The van der Waals surface area contributed by atoms with E-state index in [4.69, 9.17) is 9.47 Å². The number of anilines is 3. The molecule has 5 nitrogen and oxygen atoms in total. The molecule has 0 spiro atoms. The lowest BCUT2D eigenvalue weighted by molar-refractivity contribution is -0.140. The Hall–Kier alpha value is -5.16. The molecule has 0 fully saturated rings. The van der Waals surface area contributed by atoms with Crippen molar-refractivity contribution in [3.8, 4) is 5.75 Å². The lowest BCUT2D eigenvalue weighted by Gasteiger charge is -2.29. The van der Waals surface area contributed by atoms with Gasteiger partial charge in [0.15, 0.2) is 0 Å². The Kier molecular flexibility index (Phi) is 6.86. The van der Waals surface area contributed by atoms with Crippen LogP contribution >= 0.6 is 0 Å². The zero-order valence-corrected chi connectivity index (χ0v) is 22.9. The molecule has 202 valence electrons. The monoisotopic (exact) mass is 539 g/mol. The molecule has 0 radical (unpaired) electrons.